The number of carboxylic acid groups (broad SMARTS) is 1. The van der Waals surface area contributed by atoms with E-state index in [1.807, 2.05) is 16.5 Å². The van der Waals surface area contributed by atoms with Crippen molar-refractivity contribution in [2.45, 2.75) is 12.3 Å². The molecule has 6 nitrogen and oxygen atoms in total. The van der Waals surface area contributed by atoms with E-state index in [0.717, 1.165) is 11.3 Å². The zero-order valence-corrected chi connectivity index (χ0v) is 13.2. The Bertz CT molecular complexity index is 937. The molecule has 0 radical (unpaired) electrons. The number of carbonyl (C=O) groups is 1. The van der Waals surface area contributed by atoms with E-state index in [9.17, 15) is 9.90 Å². The lowest BCUT2D eigenvalue weighted by Gasteiger charge is -2.16. The van der Waals surface area contributed by atoms with Crippen molar-refractivity contribution in [3.8, 4) is 11.5 Å². The highest BCUT2D eigenvalue weighted by Crippen LogP contribution is 2.37. The minimum atomic E-state index is -0.894. The molecule has 3 heterocycles. The van der Waals surface area contributed by atoms with Crippen LogP contribution < -0.4 is 9.47 Å². The van der Waals surface area contributed by atoms with Gasteiger partial charge in [0.1, 0.15) is 5.65 Å². The van der Waals surface area contributed by atoms with Crippen molar-refractivity contribution in [2.24, 2.45) is 0 Å². The average molecular weight is 345 g/mol. The van der Waals surface area contributed by atoms with Gasteiger partial charge in [0.2, 0.25) is 6.79 Å². The number of rotatable bonds is 4. The second kappa shape index (κ2) is 5.72. The van der Waals surface area contributed by atoms with Gasteiger partial charge in [-0.05, 0) is 29.8 Å². The number of aliphatic carboxylic acids is 1. The highest BCUT2D eigenvalue weighted by molar-refractivity contribution is 6.30. The summed E-state index contributed by atoms with van der Waals surface area (Å²) in [5, 5.41) is 9.91. The van der Waals surface area contributed by atoms with Crippen LogP contribution in [0.5, 0.6) is 11.5 Å². The first-order valence-electron chi connectivity index (χ1n) is 7.35. The van der Waals surface area contributed by atoms with Gasteiger partial charge in [-0.1, -0.05) is 17.7 Å². The molecule has 4 rings (SSSR count). The van der Waals surface area contributed by atoms with Gasteiger partial charge in [-0.25, -0.2) is 4.98 Å². The van der Waals surface area contributed by atoms with Crippen LogP contribution in [0.1, 0.15) is 23.6 Å². The third kappa shape index (κ3) is 2.55. The van der Waals surface area contributed by atoms with Crippen LogP contribution >= 0.6 is 11.6 Å². The van der Waals surface area contributed by atoms with Gasteiger partial charge in [-0.2, -0.15) is 0 Å². The molecule has 0 spiro atoms. The van der Waals surface area contributed by atoms with Crippen molar-refractivity contribution in [2.75, 3.05) is 6.79 Å². The lowest BCUT2D eigenvalue weighted by molar-refractivity contribution is -0.137. The quantitative estimate of drug-likeness (QED) is 0.786. The van der Waals surface area contributed by atoms with E-state index in [1.165, 1.54) is 0 Å². The van der Waals surface area contributed by atoms with Crippen LogP contribution in [0, 0.1) is 0 Å². The predicted molar refractivity (Wildman–Crippen MR) is 86.9 cm³/mol. The number of ether oxygens (including phenoxy) is 2. The number of imidazole rings is 1. The number of fused-ring (bicyclic) bond motifs is 2. The molecule has 1 unspecified atom stereocenters. The van der Waals surface area contributed by atoms with Crippen molar-refractivity contribution in [1.82, 2.24) is 9.38 Å². The second-order valence-electron chi connectivity index (χ2n) is 5.52. The summed E-state index contributed by atoms with van der Waals surface area (Å²) in [6, 6.07) is 9.01. The number of halogens is 1. The van der Waals surface area contributed by atoms with E-state index in [0.29, 0.717) is 22.2 Å². The first-order valence-corrected chi connectivity index (χ1v) is 7.73. The molecule has 0 saturated carbocycles. The summed E-state index contributed by atoms with van der Waals surface area (Å²) in [6.07, 6.45) is 3.35. The van der Waals surface area contributed by atoms with Crippen LogP contribution in [-0.4, -0.2) is 27.3 Å². The second-order valence-corrected chi connectivity index (χ2v) is 5.96. The third-order valence-electron chi connectivity index (χ3n) is 4.03. The molecule has 1 atom stereocenters. The van der Waals surface area contributed by atoms with Gasteiger partial charge < -0.3 is 19.0 Å². The highest BCUT2D eigenvalue weighted by Gasteiger charge is 2.24. The molecule has 2 aromatic heterocycles. The molecule has 122 valence electrons. The van der Waals surface area contributed by atoms with Gasteiger partial charge in [0.25, 0.3) is 0 Å². The summed E-state index contributed by atoms with van der Waals surface area (Å²) in [6.45, 7) is 0.174. The summed E-state index contributed by atoms with van der Waals surface area (Å²) < 4.78 is 12.5. The third-order valence-corrected chi connectivity index (χ3v) is 4.26. The van der Waals surface area contributed by atoms with E-state index in [4.69, 9.17) is 21.1 Å². The van der Waals surface area contributed by atoms with Crippen LogP contribution in [0.2, 0.25) is 5.02 Å². The van der Waals surface area contributed by atoms with Crippen LogP contribution in [0.4, 0.5) is 0 Å². The van der Waals surface area contributed by atoms with Crippen LogP contribution in [0.25, 0.3) is 5.65 Å². The fourth-order valence-electron chi connectivity index (χ4n) is 2.93. The van der Waals surface area contributed by atoms with Gasteiger partial charge in [-0.15, -0.1) is 0 Å². The molecule has 0 fully saturated rings. The largest absolute Gasteiger partial charge is 0.481 e. The normalized spacial score (nSPS) is 14.0. The Morgan fingerprint density at radius 2 is 2.12 bits per heavy atom. The van der Waals surface area contributed by atoms with Crippen LogP contribution in [-0.2, 0) is 4.79 Å². The van der Waals surface area contributed by atoms with Gasteiger partial charge in [0, 0.05) is 18.3 Å². The SMILES string of the molecule is O=C(O)CC(c1ccc2c(c1)OCO2)c1cnc2ccc(Cl)cn12. The van der Waals surface area contributed by atoms with E-state index in [2.05, 4.69) is 4.98 Å². The maximum atomic E-state index is 11.4. The standard InChI is InChI=1S/C17H13ClN2O4/c18-11-2-4-16-19-7-13(20(16)8-11)12(6-17(21)22)10-1-3-14-15(5-10)24-9-23-14/h1-5,7-8,12H,6,9H2,(H,21,22). The maximum absolute atomic E-state index is 11.4. The number of pyridine rings is 1. The molecule has 7 heteroatoms. The fourth-order valence-corrected chi connectivity index (χ4v) is 3.09. The molecule has 1 aromatic carbocycles. The van der Waals surface area contributed by atoms with E-state index in [1.54, 1.807) is 30.6 Å². The molecule has 0 bridgehead atoms. The van der Waals surface area contributed by atoms with Gasteiger partial charge in [0.05, 0.1) is 17.1 Å². The number of hydrogen-bond donors (Lipinski definition) is 1. The zero-order valence-electron chi connectivity index (χ0n) is 12.5. The maximum Gasteiger partial charge on any atom is 0.304 e. The topological polar surface area (TPSA) is 73.1 Å². The van der Waals surface area contributed by atoms with Crippen molar-refractivity contribution in [3.63, 3.8) is 0 Å². The number of aromatic nitrogens is 2. The zero-order chi connectivity index (χ0) is 16.7. The summed E-state index contributed by atoms with van der Waals surface area (Å²) in [4.78, 5) is 15.7. The Kier molecular flexibility index (Phi) is 3.54. The van der Waals surface area contributed by atoms with Crippen LogP contribution in [0.3, 0.4) is 0 Å². The molecule has 1 aliphatic heterocycles. The van der Waals surface area contributed by atoms with Gasteiger partial charge in [-0.3, -0.25) is 4.79 Å². The van der Waals surface area contributed by atoms with Crippen molar-refractivity contribution < 1.29 is 19.4 Å². The summed E-state index contributed by atoms with van der Waals surface area (Å²) in [5.41, 5.74) is 2.29. The number of nitrogens with zero attached hydrogens (tertiary/aromatic N) is 2. The lowest BCUT2D eigenvalue weighted by Crippen LogP contribution is -2.10. The molecular weight excluding hydrogens is 332 g/mol. The Morgan fingerprint density at radius 3 is 2.96 bits per heavy atom. The fraction of sp³-hybridized carbons (Fsp3) is 0.176. The first-order chi connectivity index (χ1) is 11.6. The monoisotopic (exact) mass is 344 g/mol. The first kappa shape index (κ1) is 14.8. The van der Waals surface area contributed by atoms with Crippen molar-refractivity contribution in [3.05, 3.63) is 59.0 Å². The predicted octanol–water partition coefficient (Wildman–Crippen LogP) is 3.32. The number of carboxylic acids is 1. The average Bonchev–Trinajstić information content (AvgIpc) is 3.18. The molecule has 0 amide bonds. The van der Waals surface area contributed by atoms with E-state index >= 15 is 0 Å². The highest BCUT2D eigenvalue weighted by atomic mass is 35.5. The number of benzene rings is 1. The van der Waals surface area contributed by atoms with Crippen LogP contribution in [0.15, 0.2) is 42.7 Å². The molecule has 24 heavy (non-hydrogen) atoms. The summed E-state index contributed by atoms with van der Waals surface area (Å²) in [7, 11) is 0. The Labute approximate surface area is 142 Å². The molecular formula is C17H13ClN2O4. The van der Waals surface area contributed by atoms with Gasteiger partial charge >= 0.3 is 5.97 Å². The van der Waals surface area contributed by atoms with Crippen molar-refractivity contribution in [1.29, 1.82) is 0 Å². The molecule has 0 aliphatic carbocycles. The Hall–Kier alpha value is -2.73. The Balaban J connectivity index is 1.84. The lowest BCUT2D eigenvalue weighted by atomic mass is 9.92. The minimum absolute atomic E-state index is 0.0695. The minimum Gasteiger partial charge on any atom is -0.481 e. The molecule has 1 N–H and O–H groups in total. The van der Waals surface area contributed by atoms with E-state index < -0.39 is 5.97 Å². The summed E-state index contributed by atoms with van der Waals surface area (Å²) >= 11 is 6.08. The number of hydrogen-bond acceptors (Lipinski definition) is 4. The summed E-state index contributed by atoms with van der Waals surface area (Å²) in [5.74, 6) is 0.00358. The molecule has 1 aliphatic rings. The molecule has 0 saturated heterocycles. The molecule has 3 aromatic rings. The van der Waals surface area contributed by atoms with Gasteiger partial charge in [0.15, 0.2) is 11.5 Å². The van der Waals surface area contributed by atoms with Crippen molar-refractivity contribution >= 4 is 23.2 Å². The smallest absolute Gasteiger partial charge is 0.304 e. The van der Waals surface area contributed by atoms with E-state index in [-0.39, 0.29) is 19.1 Å². The Morgan fingerprint density at radius 1 is 1.29 bits per heavy atom.